The number of ether oxygens (including phenoxy) is 1. The molecule has 1 aliphatic heterocycles. The van der Waals surface area contributed by atoms with Crippen molar-refractivity contribution in [3.63, 3.8) is 0 Å². The van der Waals surface area contributed by atoms with E-state index < -0.39 is 7.36 Å². The number of rotatable bonds is 10. The molecule has 0 radical (unpaired) electrons. The quantitative estimate of drug-likeness (QED) is 0.289. The number of aryl methyl sites for hydroxylation is 2. The van der Waals surface area contributed by atoms with E-state index in [0.717, 1.165) is 71.0 Å². The van der Waals surface area contributed by atoms with Gasteiger partial charge in [0, 0.05) is 50.3 Å². The standard InChI is InChI=1S/C32H47N4OP/c1-7-35(8-2)38(36(9-3)10-4,33-30-18-16-26(5)24-27(30)6)31-19-17-29(25-28-14-12-11-13-15-28)32(31)34-20-22-37-23-21-34/h11-16,18,24-25H,7-10,17,19-23H2,1-6H3. The maximum atomic E-state index is 5.90. The lowest BCUT2D eigenvalue weighted by Crippen LogP contribution is -2.38. The van der Waals surface area contributed by atoms with Gasteiger partial charge in [-0.25, -0.2) is 4.74 Å². The van der Waals surface area contributed by atoms with Crippen LogP contribution >= 0.6 is 7.36 Å². The fraction of sp³-hybridized carbons (Fsp3) is 0.500. The number of hydrogen-bond acceptors (Lipinski definition) is 3. The summed E-state index contributed by atoms with van der Waals surface area (Å²) in [6, 6.07) is 17.6. The highest BCUT2D eigenvalue weighted by molar-refractivity contribution is 7.66. The van der Waals surface area contributed by atoms with Crippen molar-refractivity contribution in [1.82, 2.24) is 14.2 Å². The summed E-state index contributed by atoms with van der Waals surface area (Å²) in [5.74, 6) is 0. The second kappa shape index (κ2) is 13.3. The largest absolute Gasteiger partial charge is 0.378 e. The van der Waals surface area contributed by atoms with Gasteiger partial charge in [0.1, 0.15) is 7.36 Å². The molecular formula is C32H47N4OP. The van der Waals surface area contributed by atoms with Crippen molar-refractivity contribution < 1.29 is 4.74 Å². The molecule has 1 heterocycles. The normalized spacial score (nSPS) is 17.8. The summed E-state index contributed by atoms with van der Waals surface area (Å²) in [5.41, 5.74) is 7.86. The highest BCUT2D eigenvalue weighted by atomic mass is 31.2. The Kier molecular flexibility index (Phi) is 10.1. The maximum absolute atomic E-state index is 5.90. The molecule has 4 rings (SSSR count). The van der Waals surface area contributed by atoms with Gasteiger partial charge in [0.25, 0.3) is 0 Å². The number of morpholine rings is 1. The van der Waals surface area contributed by atoms with Crippen molar-refractivity contribution in [2.75, 3.05) is 52.5 Å². The Hall–Kier alpha value is -2.17. The Morgan fingerprint density at radius 2 is 1.50 bits per heavy atom. The number of nitrogens with zero attached hydrogens (tertiary/aromatic N) is 4. The first kappa shape index (κ1) is 28.8. The van der Waals surface area contributed by atoms with Crippen molar-refractivity contribution in [3.05, 3.63) is 81.8 Å². The van der Waals surface area contributed by atoms with Crippen molar-refractivity contribution >= 4 is 19.1 Å². The summed E-state index contributed by atoms with van der Waals surface area (Å²) < 4.78 is 17.1. The van der Waals surface area contributed by atoms with Crippen LogP contribution in [0.3, 0.4) is 0 Å². The zero-order chi connectivity index (χ0) is 27.1. The Morgan fingerprint density at radius 3 is 2.08 bits per heavy atom. The van der Waals surface area contributed by atoms with Crippen LogP contribution in [-0.4, -0.2) is 66.7 Å². The molecule has 0 atom stereocenters. The SMILES string of the molecule is CCN(CC)P(=Nc1ccc(C)cc1C)(C1=C(N2CCOCC2)C(=Cc2ccccc2)CC1)N(CC)CC. The van der Waals surface area contributed by atoms with Crippen molar-refractivity contribution in [1.29, 1.82) is 0 Å². The van der Waals surface area contributed by atoms with Crippen molar-refractivity contribution in [3.8, 4) is 0 Å². The summed E-state index contributed by atoms with van der Waals surface area (Å²) in [6.45, 7) is 21.0. The fourth-order valence-electron chi connectivity index (χ4n) is 6.04. The highest BCUT2D eigenvalue weighted by Gasteiger charge is 2.42. The molecule has 2 aromatic rings. The molecule has 206 valence electrons. The molecular weight excluding hydrogens is 487 g/mol. The van der Waals surface area contributed by atoms with Crippen molar-refractivity contribution in [2.24, 2.45) is 4.74 Å². The van der Waals surface area contributed by atoms with E-state index in [1.54, 1.807) is 5.31 Å². The molecule has 0 N–H and O–H groups in total. The molecule has 6 heteroatoms. The van der Waals surface area contributed by atoms with Gasteiger partial charge >= 0.3 is 0 Å². The summed E-state index contributed by atoms with van der Waals surface area (Å²) in [4.78, 5) is 2.61. The summed E-state index contributed by atoms with van der Waals surface area (Å²) >= 11 is 0. The second-order valence-corrected chi connectivity index (χ2v) is 13.2. The molecule has 0 saturated carbocycles. The molecule has 2 aliphatic rings. The molecule has 2 aromatic carbocycles. The number of benzene rings is 2. The summed E-state index contributed by atoms with van der Waals surface area (Å²) in [6.07, 6.45) is 4.54. The lowest BCUT2D eigenvalue weighted by molar-refractivity contribution is 0.0548. The monoisotopic (exact) mass is 534 g/mol. The molecule has 0 spiro atoms. The van der Waals surface area contributed by atoms with E-state index in [-0.39, 0.29) is 0 Å². The first-order chi connectivity index (χ1) is 18.5. The molecule has 0 aromatic heterocycles. The molecule has 1 fully saturated rings. The third kappa shape index (κ3) is 5.87. The van der Waals surface area contributed by atoms with Crippen molar-refractivity contribution in [2.45, 2.75) is 54.4 Å². The minimum absolute atomic E-state index is 0.783. The van der Waals surface area contributed by atoms with Gasteiger partial charge in [-0.15, -0.1) is 0 Å². The van der Waals surface area contributed by atoms with E-state index in [4.69, 9.17) is 9.48 Å². The van der Waals surface area contributed by atoms with Crippen LogP contribution in [0.2, 0.25) is 0 Å². The van der Waals surface area contributed by atoms with Crippen LogP contribution in [0.1, 0.15) is 57.2 Å². The van der Waals surface area contributed by atoms with Gasteiger partial charge in [-0.05, 0) is 55.5 Å². The maximum Gasteiger partial charge on any atom is 0.130 e. The Bertz CT molecular complexity index is 1170. The van der Waals surface area contributed by atoms with Gasteiger partial charge in [0.05, 0.1) is 18.9 Å². The predicted molar refractivity (Wildman–Crippen MR) is 164 cm³/mol. The van der Waals surface area contributed by atoms with Gasteiger partial charge in [-0.2, -0.15) is 0 Å². The summed E-state index contributed by atoms with van der Waals surface area (Å²) in [5, 5.41) is 1.55. The van der Waals surface area contributed by atoms with Crippen LogP contribution in [-0.2, 0) is 4.74 Å². The lowest BCUT2D eigenvalue weighted by Gasteiger charge is -2.45. The highest BCUT2D eigenvalue weighted by Crippen LogP contribution is 2.69. The van der Waals surface area contributed by atoms with Crippen LogP contribution < -0.4 is 0 Å². The van der Waals surface area contributed by atoms with E-state index in [1.807, 2.05) is 0 Å². The van der Waals surface area contributed by atoms with Crippen LogP contribution in [0.15, 0.2) is 69.9 Å². The van der Waals surface area contributed by atoms with E-state index in [0.29, 0.717) is 0 Å². The average Bonchev–Trinajstić information content (AvgIpc) is 3.36. The number of hydrogen-bond donors (Lipinski definition) is 0. The second-order valence-electron chi connectivity index (χ2n) is 10.2. The van der Waals surface area contributed by atoms with Gasteiger partial charge in [0.2, 0.25) is 0 Å². The van der Waals surface area contributed by atoms with E-state index in [9.17, 15) is 0 Å². The van der Waals surface area contributed by atoms with E-state index >= 15 is 0 Å². The Balaban J connectivity index is 2.07. The third-order valence-electron chi connectivity index (χ3n) is 7.89. The Labute approximate surface area is 231 Å². The molecule has 0 unspecified atom stereocenters. The molecule has 1 aliphatic carbocycles. The van der Waals surface area contributed by atoms with E-state index in [2.05, 4.69) is 110 Å². The Morgan fingerprint density at radius 1 is 0.868 bits per heavy atom. The fourth-order valence-corrected chi connectivity index (χ4v) is 10.5. The molecule has 38 heavy (non-hydrogen) atoms. The smallest absolute Gasteiger partial charge is 0.130 e. The van der Waals surface area contributed by atoms with Crippen LogP contribution in [0.25, 0.3) is 6.08 Å². The number of allylic oxidation sites excluding steroid dienone is 2. The molecule has 1 saturated heterocycles. The topological polar surface area (TPSA) is 31.3 Å². The van der Waals surface area contributed by atoms with Crippen LogP contribution in [0.5, 0.6) is 0 Å². The zero-order valence-corrected chi connectivity index (χ0v) is 25.3. The minimum atomic E-state index is -2.24. The molecule has 0 amide bonds. The predicted octanol–water partition coefficient (Wildman–Crippen LogP) is 8.07. The first-order valence-electron chi connectivity index (χ1n) is 14.5. The van der Waals surface area contributed by atoms with Gasteiger partial charge in [0.15, 0.2) is 0 Å². The third-order valence-corrected chi connectivity index (χ3v) is 12.2. The van der Waals surface area contributed by atoms with Gasteiger partial charge in [-0.3, -0.25) is 9.34 Å². The zero-order valence-electron chi connectivity index (χ0n) is 24.4. The van der Waals surface area contributed by atoms with Crippen LogP contribution in [0, 0.1) is 13.8 Å². The minimum Gasteiger partial charge on any atom is -0.378 e. The summed E-state index contributed by atoms with van der Waals surface area (Å²) in [7, 11) is -2.24. The van der Waals surface area contributed by atoms with Gasteiger partial charge < -0.3 is 9.64 Å². The lowest BCUT2D eigenvalue weighted by atomic mass is 10.1. The molecule has 0 bridgehead atoms. The van der Waals surface area contributed by atoms with Crippen LogP contribution in [0.4, 0.5) is 5.69 Å². The van der Waals surface area contributed by atoms with Gasteiger partial charge in [-0.1, -0.05) is 75.7 Å². The average molecular weight is 535 g/mol. The molecule has 5 nitrogen and oxygen atoms in total. The first-order valence-corrected chi connectivity index (χ1v) is 16.2. The van der Waals surface area contributed by atoms with E-state index in [1.165, 1.54) is 28.0 Å².